The molecule has 0 amide bonds. The molecule has 0 fully saturated rings. The van der Waals surface area contributed by atoms with Crippen LogP contribution in [0.2, 0.25) is 0 Å². The van der Waals surface area contributed by atoms with Crippen molar-refractivity contribution in [2.45, 2.75) is 25.8 Å². The van der Waals surface area contributed by atoms with Crippen LogP contribution in [-0.4, -0.2) is 0 Å². The summed E-state index contributed by atoms with van der Waals surface area (Å²) in [5, 5.41) is 2.92. The van der Waals surface area contributed by atoms with Crippen LogP contribution >= 0.6 is 0 Å². The first-order valence-corrected chi connectivity index (χ1v) is 6.55. The van der Waals surface area contributed by atoms with Crippen molar-refractivity contribution >= 4 is 5.69 Å². The van der Waals surface area contributed by atoms with E-state index in [9.17, 15) is 13.2 Å². The average molecular weight is 277 g/mol. The van der Waals surface area contributed by atoms with E-state index in [1.807, 2.05) is 0 Å². The third-order valence-electron chi connectivity index (χ3n) is 3.79. The van der Waals surface area contributed by atoms with Gasteiger partial charge in [0.25, 0.3) is 0 Å². The maximum Gasteiger partial charge on any atom is 0.152 e. The normalized spacial score (nSPS) is 17.1. The van der Waals surface area contributed by atoms with E-state index in [0.717, 1.165) is 11.1 Å². The summed E-state index contributed by atoms with van der Waals surface area (Å²) in [6.07, 6.45) is 1.41. The van der Waals surface area contributed by atoms with E-state index in [1.54, 1.807) is 13.0 Å². The van der Waals surface area contributed by atoms with Gasteiger partial charge in [0.1, 0.15) is 17.3 Å². The standard InChI is InChI=1S/C16H14F3N/c1-9-2-6-13(18)16(15(9)19)20-14-7-3-10-8-11(17)4-5-12(10)14/h2,4-6,8,14,20H,3,7H2,1H3. The molecule has 20 heavy (non-hydrogen) atoms. The summed E-state index contributed by atoms with van der Waals surface area (Å²) in [5.74, 6) is -1.46. The Balaban J connectivity index is 1.93. The van der Waals surface area contributed by atoms with Gasteiger partial charge in [-0.1, -0.05) is 12.1 Å². The zero-order chi connectivity index (χ0) is 14.3. The highest BCUT2D eigenvalue weighted by atomic mass is 19.1. The number of fused-ring (bicyclic) bond motifs is 1. The summed E-state index contributed by atoms with van der Waals surface area (Å²) in [7, 11) is 0. The molecule has 1 aliphatic carbocycles. The second-order valence-corrected chi connectivity index (χ2v) is 5.13. The minimum absolute atomic E-state index is 0.104. The molecule has 1 nitrogen and oxygen atoms in total. The Morgan fingerprint density at radius 2 is 1.90 bits per heavy atom. The summed E-state index contributed by atoms with van der Waals surface area (Å²) in [4.78, 5) is 0. The fraction of sp³-hybridized carbons (Fsp3) is 0.250. The van der Waals surface area contributed by atoms with Gasteiger partial charge in [0.15, 0.2) is 5.82 Å². The minimum atomic E-state index is -0.608. The maximum atomic E-state index is 14.0. The lowest BCUT2D eigenvalue weighted by Gasteiger charge is -2.17. The van der Waals surface area contributed by atoms with Crippen LogP contribution in [0.15, 0.2) is 30.3 Å². The van der Waals surface area contributed by atoms with E-state index in [4.69, 9.17) is 0 Å². The molecule has 0 heterocycles. The molecule has 4 heteroatoms. The molecule has 3 rings (SSSR count). The summed E-state index contributed by atoms with van der Waals surface area (Å²) < 4.78 is 40.9. The summed E-state index contributed by atoms with van der Waals surface area (Å²) in [6.45, 7) is 1.60. The van der Waals surface area contributed by atoms with Gasteiger partial charge in [0, 0.05) is 0 Å². The van der Waals surface area contributed by atoms with Crippen LogP contribution in [0.5, 0.6) is 0 Å². The lowest BCUT2D eigenvalue weighted by Crippen LogP contribution is -2.10. The highest BCUT2D eigenvalue weighted by Crippen LogP contribution is 2.35. The van der Waals surface area contributed by atoms with Gasteiger partial charge in [0.05, 0.1) is 6.04 Å². The molecule has 2 aromatic carbocycles. The number of hydrogen-bond donors (Lipinski definition) is 1. The van der Waals surface area contributed by atoms with Crippen LogP contribution in [0.1, 0.15) is 29.2 Å². The van der Waals surface area contributed by atoms with Gasteiger partial charge >= 0.3 is 0 Å². The molecule has 0 aromatic heterocycles. The highest BCUT2D eigenvalue weighted by Gasteiger charge is 2.25. The van der Waals surface area contributed by atoms with Gasteiger partial charge in [0.2, 0.25) is 0 Å². The summed E-state index contributed by atoms with van der Waals surface area (Å²) in [5.41, 5.74) is 2.10. The van der Waals surface area contributed by atoms with Crippen LogP contribution in [0.3, 0.4) is 0 Å². The molecule has 2 aromatic rings. The van der Waals surface area contributed by atoms with Crippen molar-refractivity contribution in [3.05, 3.63) is 64.5 Å². The van der Waals surface area contributed by atoms with E-state index in [0.29, 0.717) is 18.4 Å². The molecular weight excluding hydrogens is 263 g/mol. The number of hydrogen-bond acceptors (Lipinski definition) is 1. The fourth-order valence-corrected chi connectivity index (χ4v) is 2.70. The molecule has 0 bridgehead atoms. The molecule has 0 aliphatic heterocycles. The van der Waals surface area contributed by atoms with E-state index in [-0.39, 0.29) is 17.5 Å². The van der Waals surface area contributed by atoms with Crippen molar-refractivity contribution in [3.63, 3.8) is 0 Å². The first-order valence-electron chi connectivity index (χ1n) is 6.55. The van der Waals surface area contributed by atoms with Crippen LogP contribution in [0.4, 0.5) is 18.9 Å². The van der Waals surface area contributed by atoms with E-state index in [2.05, 4.69) is 5.32 Å². The van der Waals surface area contributed by atoms with Gasteiger partial charge in [-0.2, -0.15) is 0 Å². The molecule has 1 N–H and O–H groups in total. The van der Waals surface area contributed by atoms with Crippen molar-refractivity contribution in [2.24, 2.45) is 0 Å². The Morgan fingerprint density at radius 1 is 1.10 bits per heavy atom. The monoisotopic (exact) mass is 277 g/mol. The Bertz CT molecular complexity index is 667. The lowest BCUT2D eigenvalue weighted by molar-refractivity contribution is 0.576. The quantitative estimate of drug-likeness (QED) is 0.851. The largest absolute Gasteiger partial charge is 0.373 e. The van der Waals surface area contributed by atoms with Crippen LogP contribution < -0.4 is 5.32 Å². The van der Waals surface area contributed by atoms with Gasteiger partial charge in [-0.3, -0.25) is 0 Å². The van der Waals surface area contributed by atoms with Gasteiger partial charge in [-0.25, -0.2) is 13.2 Å². The zero-order valence-electron chi connectivity index (χ0n) is 11.0. The van der Waals surface area contributed by atoms with Crippen LogP contribution in [-0.2, 0) is 6.42 Å². The number of rotatable bonds is 2. The fourth-order valence-electron chi connectivity index (χ4n) is 2.70. The molecular formula is C16H14F3N. The molecule has 0 radical (unpaired) electrons. The Kier molecular flexibility index (Phi) is 3.16. The van der Waals surface area contributed by atoms with Gasteiger partial charge in [-0.15, -0.1) is 0 Å². The molecule has 1 aliphatic rings. The molecule has 0 spiro atoms. The molecule has 0 saturated heterocycles. The molecule has 1 atom stereocenters. The predicted molar refractivity (Wildman–Crippen MR) is 72.2 cm³/mol. The van der Waals surface area contributed by atoms with E-state index < -0.39 is 11.6 Å². The third-order valence-corrected chi connectivity index (χ3v) is 3.79. The van der Waals surface area contributed by atoms with Gasteiger partial charge in [-0.05, 0) is 54.7 Å². The lowest BCUT2D eigenvalue weighted by atomic mass is 10.1. The number of anilines is 1. The molecule has 104 valence electrons. The molecule has 0 saturated carbocycles. The molecule has 1 unspecified atom stereocenters. The number of nitrogens with one attached hydrogen (secondary N) is 1. The third kappa shape index (κ3) is 2.15. The zero-order valence-corrected chi connectivity index (χ0v) is 11.0. The minimum Gasteiger partial charge on any atom is -0.373 e. The Labute approximate surface area is 115 Å². The van der Waals surface area contributed by atoms with Crippen LogP contribution in [0, 0.1) is 24.4 Å². The number of aryl methyl sites for hydroxylation is 2. The highest BCUT2D eigenvalue weighted by molar-refractivity contribution is 5.52. The van der Waals surface area contributed by atoms with Gasteiger partial charge < -0.3 is 5.32 Å². The topological polar surface area (TPSA) is 12.0 Å². The SMILES string of the molecule is Cc1ccc(F)c(NC2CCc3cc(F)ccc32)c1F. The van der Waals surface area contributed by atoms with E-state index >= 15 is 0 Å². The number of halogens is 3. The average Bonchev–Trinajstić information content (AvgIpc) is 2.81. The van der Waals surface area contributed by atoms with Crippen molar-refractivity contribution in [1.82, 2.24) is 0 Å². The van der Waals surface area contributed by atoms with E-state index in [1.165, 1.54) is 24.3 Å². The van der Waals surface area contributed by atoms with Crippen molar-refractivity contribution in [3.8, 4) is 0 Å². The second-order valence-electron chi connectivity index (χ2n) is 5.13. The second kappa shape index (κ2) is 4.85. The maximum absolute atomic E-state index is 14.0. The van der Waals surface area contributed by atoms with Crippen molar-refractivity contribution in [2.75, 3.05) is 5.32 Å². The first-order chi connectivity index (χ1) is 9.56. The Hall–Kier alpha value is -1.97. The predicted octanol–water partition coefficient (Wildman–Crippen LogP) is 4.51. The van der Waals surface area contributed by atoms with Crippen molar-refractivity contribution < 1.29 is 13.2 Å². The summed E-state index contributed by atoms with van der Waals surface area (Å²) in [6, 6.07) is 7.02. The van der Waals surface area contributed by atoms with Crippen LogP contribution in [0.25, 0.3) is 0 Å². The number of benzene rings is 2. The first kappa shape index (κ1) is 13.0. The van der Waals surface area contributed by atoms with Crippen molar-refractivity contribution in [1.29, 1.82) is 0 Å². The Morgan fingerprint density at radius 3 is 2.70 bits per heavy atom. The summed E-state index contributed by atoms with van der Waals surface area (Å²) >= 11 is 0. The smallest absolute Gasteiger partial charge is 0.152 e.